The Labute approximate surface area is 146 Å². The Hall–Kier alpha value is -2.45. The molecule has 0 bridgehead atoms. The molecule has 25 heavy (non-hydrogen) atoms. The van der Waals surface area contributed by atoms with Gasteiger partial charge in [0, 0.05) is 16.3 Å². The van der Waals surface area contributed by atoms with Gasteiger partial charge >= 0.3 is 7.12 Å². The van der Waals surface area contributed by atoms with Gasteiger partial charge in [-0.3, -0.25) is 5.84 Å². The quantitative estimate of drug-likeness (QED) is 0.423. The summed E-state index contributed by atoms with van der Waals surface area (Å²) in [5.74, 6) is 5.85. The van der Waals surface area contributed by atoms with Crippen molar-refractivity contribution in [2.45, 2.75) is 38.9 Å². The molecular formula is C17H21BN5O2+. The monoisotopic (exact) mass is 338 g/mol. The minimum atomic E-state index is -0.368. The standard InChI is InChI=1S/C17H21BN5O2/c1-16(2)17(3,4)25-18(24-16)13-7-5-12(6-8-13)14-11-15-20-9-10-22(19)23(15)21-14/h5-11H,19H2,1-4H3/q+1. The van der Waals surface area contributed by atoms with E-state index in [-0.39, 0.29) is 18.3 Å². The predicted molar refractivity (Wildman–Crippen MR) is 94.5 cm³/mol. The van der Waals surface area contributed by atoms with E-state index in [1.54, 1.807) is 17.0 Å². The number of aromatic nitrogens is 4. The number of nitrogens with two attached hydrogens (primary N) is 1. The highest BCUT2D eigenvalue weighted by Gasteiger charge is 2.51. The summed E-state index contributed by atoms with van der Waals surface area (Å²) in [6, 6.07) is 9.91. The second-order valence-electron chi connectivity index (χ2n) is 7.29. The number of benzene rings is 1. The van der Waals surface area contributed by atoms with E-state index in [2.05, 4.69) is 10.1 Å². The number of fused-ring (bicyclic) bond motifs is 1. The smallest absolute Gasteiger partial charge is 0.399 e. The van der Waals surface area contributed by atoms with E-state index in [0.29, 0.717) is 5.65 Å². The molecule has 1 fully saturated rings. The molecule has 0 spiro atoms. The molecule has 8 heteroatoms. The Kier molecular flexibility index (Phi) is 3.39. The van der Waals surface area contributed by atoms with E-state index in [9.17, 15) is 0 Å². The lowest BCUT2D eigenvalue weighted by atomic mass is 9.79. The first-order valence-corrected chi connectivity index (χ1v) is 8.25. The lowest BCUT2D eigenvalue weighted by Crippen LogP contribution is -2.51. The molecule has 7 nitrogen and oxygen atoms in total. The average Bonchev–Trinajstić information content (AvgIpc) is 3.07. The van der Waals surface area contributed by atoms with E-state index < -0.39 is 0 Å². The van der Waals surface area contributed by atoms with Crippen molar-refractivity contribution in [1.29, 1.82) is 0 Å². The summed E-state index contributed by atoms with van der Waals surface area (Å²) < 4.78 is 13.7. The number of rotatable bonds is 2. The minimum absolute atomic E-state index is 0.349. The summed E-state index contributed by atoms with van der Waals surface area (Å²) in [6.45, 7) is 8.19. The van der Waals surface area contributed by atoms with Crippen LogP contribution in [0.4, 0.5) is 0 Å². The van der Waals surface area contributed by atoms with Crippen LogP contribution in [0, 0.1) is 0 Å². The molecule has 1 aromatic carbocycles. The molecule has 1 aliphatic rings. The van der Waals surface area contributed by atoms with Crippen molar-refractivity contribution in [3.63, 3.8) is 0 Å². The molecule has 2 aromatic heterocycles. The SMILES string of the molecule is CC1(C)OB(c2ccc(-c3cc4ncc[n+](N)n4n3)cc2)OC1(C)C. The number of nitrogen functional groups attached to an aromatic ring is 1. The van der Waals surface area contributed by atoms with E-state index in [0.717, 1.165) is 16.7 Å². The van der Waals surface area contributed by atoms with Crippen LogP contribution < -0.4 is 16.1 Å². The summed E-state index contributed by atoms with van der Waals surface area (Å²) in [5, 5.41) is 4.49. The third-order valence-corrected chi connectivity index (χ3v) is 5.05. The van der Waals surface area contributed by atoms with Gasteiger partial charge in [0.2, 0.25) is 11.3 Å². The van der Waals surface area contributed by atoms with Gasteiger partial charge in [-0.25, -0.2) is 4.98 Å². The topological polar surface area (TPSA) is 78.5 Å². The van der Waals surface area contributed by atoms with Crippen LogP contribution in [0.15, 0.2) is 42.7 Å². The average molecular weight is 338 g/mol. The number of hydrogen-bond donors (Lipinski definition) is 1. The summed E-state index contributed by atoms with van der Waals surface area (Å²) in [4.78, 5) is 5.65. The second-order valence-corrected chi connectivity index (χ2v) is 7.29. The van der Waals surface area contributed by atoms with Crippen LogP contribution in [0.1, 0.15) is 27.7 Å². The summed E-state index contributed by atoms with van der Waals surface area (Å²) in [6.07, 6.45) is 3.29. The first-order valence-electron chi connectivity index (χ1n) is 8.25. The van der Waals surface area contributed by atoms with Crippen molar-refractivity contribution in [2.75, 3.05) is 5.84 Å². The third-order valence-electron chi connectivity index (χ3n) is 5.05. The molecule has 1 aliphatic heterocycles. The van der Waals surface area contributed by atoms with Crippen molar-refractivity contribution in [1.82, 2.24) is 14.7 Å². The molecular weight excluding hydrogens is 317 g/mol. The van der Waals surface area contributed by atoms with Gasteiger partial charge < -0.3 is 9.31 Å². The van der Waals surface area contributed by atoms with Crippen LogP contribution in [-0.2, 0) is 9.31 Å². The van der Waals surface area contributed by atoms with Crippen LogP contribution in [0.25, 0.3) is 16.9 Å². The molecule has 0 unspecified atom stereocenters. The molecule has 3 heterocycles. The number of hydrogen-bond acceptors (Lipinski definition) is 5. The molecule has 2 N–H and O–H groups in total. The fraction of sp³-hybridized carbons (Fsp3) is 0.353. The predicted octanol–water partition coefficient (Wildman–Crippen LogP) is 0.697. The van der Waals surface area contributed by atoms with Crippen LogP contribution >= 0.6 is 0 Å². The fourth-order valence-electron chi connectivity index (χ4n) is 2.79. The maximum Gasteiger partial charge on any atom is 0.494 e. The van der Waals surface area contributed by atoms with Crippen LogP contribution in [-0.4, -0.2) is 33.0 Å². The van der Waals surface area contributed by atoms with Crippen molar-refractivity contribution >= 4 is 18.2 Å². The Morgan fingerprint density at radius 1 is 1.08 bits per heavy atom. The first-order chi connectivity index (χ1) is 11.8. The van der Waals surface area contributed by atoms with Gasteiger partial charge in [0.1, 0.15) is 0 Å². The van der Waals surface area contributed by atoms with Gasteiger partial charge in [0.25, 0.3) is 0 Å². The van der Waals surface area contributed by atoms with Gasteiger partial charge in [0.05, 0.1) is 22.5 Å². The Morgan fingerprint density at radius 3 is 2.32 bits per heavy atom. The molecule has 0 radical (unpaired) electrons. The third kappa shape index (κ3) is 2.58. The molecule has 3 aromatic rings. The summed E-state index contributed by atoms with van der Waals surface area (Å²) in [5.41, 5.74) is 2.76. The van der Waals surface area contributed by atoms with E-state index in [1.165, 1.54) is 4.79 Å². The lowest BCUT2D eigenvalue weighted by molar-refractivity contribution is -0.717. The van der Waals surface area contributed by atoms with Gasteiger partial charge in [0.15, 0.2) is 6.20 Å². The molecule has 4 rings (SSSR count). The maximum absolute atomic E-state index is 6.09. The zero-order valence-electron chi connectivity index (χ0n) is 14.8. The zero-order chi connectivity index (χ0) is 17.8. The number of nitrogens with zero attached hydrogens (tertiary/aromatic N) is 4. The second kappa shape index (κ2) is 5.27. The molecule has 128 valence electrons. The summed E-state index contributed by atoms with van der Waals surface area (Å²) >= 11 is 0. The van der Waals surface area contributed by atoms with Gasteiger partial charge in [-0.15, -0.1) is 0 Å². The highest BCUT2D eigenvalue weighted by atomic mass is 16.7. The van der Waals surface area contributed by atoms with Gasteiger partial charge in [-0.2, -0.15) is 0 Å². The fourth-order valence-corrected chi connectivity index (χ4v) is 2.79. The normalized spacial score (nSPS) is 18.8. The minimum Gasteiger partial charge on any atom is -0.399 e. The van der Waals surface area contributed by atoms with Crippen molar-refractivity contribution in [2.24, 2.45) is 0 Å². The van der Waals surface area contributed by atoms with Gasteiger partial charge in [-0.05, 0) is 33.2 Å². The van der Waals surface area contributed by atoms with E-state index in [4.69, 9.17) is 15.2 Å². The molecule has 0 saturated carbocycles. The van der Waals surface area contributed by atoms with E-state index >= 15 is 0 Å². The Bertz CT molecular complexity index is 920. The Balaban J connectivity index is 1.63. The van der Waals surface area contributed by atoms with Gasteiger partial charge in [-0.1, -0.05) is 29.1 Å². The Morgan fingerprint density at radius 2 is 1.72 bits per heavy atom. The van der Waals surface area contributed by atoms with Crippen LogP contribution in [0.5, 0.6) is 0 Å². The molecule has 0 atom stereocenters. The highest BCUT2D eigenvalue weighted by molar-refractivity contribution is 6.62. The summed E-state index contributed by atoms with van der Waals surface area (Å²) in [7, 11) is -0.368. The van der Waals surface area contributed by atoms with Crippen LogP contribution in [0.3, 0.4) is 0 Å². The molecule has 1 saturated heterocycles. The molecule has 0 aliphatic carbocycles. The van der Waals surface area contributed by atoms with Crippen LogP contribution in [0.2, 0.25) is 0 Å². The highest BCUT2D eigenvalue weighted by Crippen LogP contribution is 2.36. The maximum atomic E-state index is 6.09. The van der Waals surface area contributed by atoms with Crippen molar-refractivity contribution in [3.05, 3.63) is 42.7 Å². The lowest BCUT2D eigenvalue weighted by Gasteiger charge is -2.32. The molecule has 0 amide bonds. The zero-order valence-corrected chi connectivity index (χ0v) is 14.8. The van der Waals surface area contributed by atoms with Crippen molar-refractivity contribution in [3.8, 4) is 11.3 Å². The first kappa shape index (κ1) is 16.0. The van der Waals surface area contributed by atoms with Crippen molar-refractivity contribution < 1.29 is 14.1 Å². The van der Waals surface area contributed by atoms with E-state index in [1.807, 2.05) is 58.0 Å². The largest absolute Gasteiger partial charge is 0.494 e.